The molecule has 0 aliphatic rings. The van der Waals surface area contributed by atoms with E-state index in [4.69, 9.17) is 9.47 Å². The van der Waals surface area contributed by atoms with Crippen molar-refractivity contribution in [1.82, 2.24) is 10.7 Å². The third-order valence-electron chi connectivity index (χ3n) is 3.95. The normalized spacial score (nSPS) is 10.7. The van der Waals surface area contributed by atoms with Gasteiger partial charge in [0.25, 0.3) is 5.91 Å². The van der Waals surface area contributed by atoms with Crippen molar-refractivity contribution in [3.8, 4) is 5.75 Å². The highest BCUT2D eigenvalue weighted by molar-refractivity contribution is 6.35. The lowest BCUT2D eigenvalue weighted by atomic mass is 10.2. The van der Waals surface area contributed by atoms with Gasteiger partial charge in [-0.2, -0.15) is 5.10 Å². The highest BCUT2D eigenvalue weighted by Crippen LogP contribution is 2.11. The maximum Gasteiger partial charge on any atom is 0.329 e. The number of hydrogen-bond acceptors (Lipinski definition) is 6. The Bertz CT molecular complexity index is 898. The number of hydrazone groups is 1. The average Bonchev–Trinajstić information content (AvgIpc) is 2.78. The van der Waals surface area contributed by atoms with Crippen LogP contribution in [0.1, 0.15) is 25.8 Å². The quantitative estimate of drug-likeness (QED) is 0.214. The molecule has 0 aromatic heterocycles. The van der Waals surface area contributed by atoms with Crippen LogP contribution in [0.3, 0.4) is 0 Å². The fraction of sp³-hybridized carbons (Fsp3) is 0.304. The van der Waals surface area contributed by atoms with Gasteiger partial charge in [0.05, 0.1) is 12.3 Å². The van der Waals surface area contributed by atoms with E-state index in [-0.39, 0.29) is 18.6 Å². The van der Waals surface area contributed by atoms with Crippen molar-refractivity contribution >= 4 is 29.6 Å². The van der Waals surface area contributed by atoms with Crippen molar-refractivity contribution in [2.75, 3.05) is 25.1 Å². The van der Waals surface area contributed by atoms with E-state index >= 15 is 0 Å². The predicted octanol–water partition coefficient (Wildman–Crippen LogP) is 2.09. The minimum atomic E-state index is -0.851. The highest BCUT2D eigenvalue weighted by atomic mass is 16.5. The lowest BCUT2D eigenvalue weighted by Gasteiger charge is -2.08. The molecule has 0 atom stereocenters. The summed E-state index contributed by atoms with van der Waals surface area (Å²) in [6, 6.07) is 15.9. The van der Waals surface area contributed by atoms with Crippen molar-refractivity contribution in [2.24, 2.45) is 5.10 Å². The van der Waals surface area contributed by atoms with Crippen LogP contribution in [0.25, 0.3) is 0 Å². The zero-order chi connectivity index (χ0) is 23.2. The van der Waals surface area contributed by atoms with E-state index in [0.717, 1.165) is 0 Å². The number of nitrogens with one attached hydrogen (secondary N) is 3. The molecule has 0 fully saturated rings. The number of carbonyl (C=O) groups excluding carboxylic acids is 3. The van der Waals surface area contributed by atoms with Gasteiger partial charge >= 0.3 is 11.8 Å². The molecule has 0 aliphatic carbocycles. The van der Waals surface area contributed by atoms with Gasteiger partial charge in [0.2, 0.25) is 0 Å². The van der Waals surface area contributed by atoms with E-state index in [1.807, 2.05) is 32.0 Å². The Morgan fingerprint density at radius 1 is 1.00 bits per heavy atom. The molecule has 0 unspecified atom stereocenters. The van der Waals surface area contributed by atoms with Crippen LogP contribution >= 0.6 is 0 Å². The van der Waals surface area contributed by atoms with Crippen LogP contribution in [0.4, 0.5) is 5.69 Å². The van der Waals surface area contributed by atoms with E-state index in [9.17, 15) is 14.4 Å². The molecule has 0 heterocycles. The Kier molecular flexibility index (Phi) is 10.4. The van der Waals surface area contributed by atoms with Crippen molar-refractivity contribution in [3.05, 3.63) is 60.2 Å². The first-order valence-electron chi connectivity index (χ1n) is 10.2. The summed E-state index contributed by atoms with van der Waals surface area (Å²) in [5.74, 6) is -1.37. The Hall–Kier alpha value is -3.72. The Morgan fingerprint density at radius 2 is 1.72 bits per heavy atom. The second kappa shape index (κ2) is 13.6. The summed E-state index contributed by atoms with van der Waals surface area (Å²) in [4.78, 5) is 35.3. The molecule has 2 rings (SSSR count). The van der Waals surface area contributed by atoms with Gasteiger partial charge in [-0.1, -0.05) is 18.2 Å². The Balaban J connectivity index is 1.67. The number of ether oxygens (including phenoxy) is 2. The second-order valence-electron chi connectivity index (χ2n) is 7.00. The summed E-state index contributed by atoms with van der Waals surface area (Å²) in [6.45, 7) is 4.58. The smallest absolute Gasteiger partial charge is 0.329 e. The summed E-state index contributed by atoms with van der Waals surface area (Å²) >= 11 is 0. The summed E-state index contributed by atoms with van der Waals surface area (Å²) in [5.41, 5.74) is 3.55. The zero-order valence-corrected chi connectivity index (χ0v) is 18.2. The van der Waals surface area contributed by atoms with Crippen molar-refractivity contribution in [3.63, 3.8) is 0 Å². The summed E-state index contributed by atoms with van der Waals surface area (Å²) in [5, 5.41) is 8.99. The molecule has 32 heavy (non-hydrogen) atoms. The molecule has 0 bridgehead atoms. The first kappa shape index (κ1) is 24.5. The number of nitrogens with zero attached hydrogens (tertiary/aromatic N) is 1. The lowest BCUT2D eigenvalue weighted by molar-refractivity contribution is -0.139. The lowest BCUT2D eigenvalue weighted by Crippen LogP contribution is -2.38. The predicted molar refractivity (Wildman–Crippen MR) is 121 cm³/mol. The van der Waals surface area contributed by atoms with Gasteiger partial charge in [0.15, 0.2) is 6.61 Å². The molecule has 0 spiro atoms. The van der Waals surface area contributed by atoms with E-state index < -0.39 is 11.8 Å². The number of rotatable bonds is 11. The van der Waals surface area contributed by atoms with E-state index in [1.54, 1.807) is 36.4 Å². The number of hydrogen-bond donors (Lipinski definition) is 3. The van der Waals surface area contributed by atoms with E-state index in [0.29, 0.717) is 36.6 Å². The molecule has 3 N–H and O–H groups in total. The molecular formula is C23H28N4O5. The fourth-order valence-corrected chi connectivity index (χ4v) is 2.41. The summed E-state index contributed by atoms with van der Waals surface area (Å²) < 4.78 is 10.8. The third-order valence-corrected chi connectivity index (χ3v) is 3.95. The molecule has 0 aliphatic heterocycles. The van der Waals surface area contributed by atoms with Crippen molar-refractivity contribution in [1.29, 1.82) is 0 Å². The molecule has 3 amide bonds. The van der Waals surface area contributed by atoms with Gasteiger partial charge < -0.3 is 20.1 Å². The SMILES string of the molecule is CC(C)OCCCNC(=O)C(=O)N/N=C\c1ccc(OCC(=O)Nc2ccccc2)cc1. The summed E-state index contributed by atoms with van der Waals surface area (Å²) in [7, 11) is 0. The van der Waals surface area contributed by atoms with Crippen LogP contribution < -0.4 is 20.8 Å². The van der Waals surface area contributed by atoms with Crippen LogP contribution in [0.15, 0.2) is 59.7 Å². The Labute approximate surface area is 187 Å². The molecular weight excluding hydrogens is 412 g/mol. The molecule has 0 saturated heterocycles. The molecule has 0 saturated carbocycles. The monoisotopic (exact) mass is 440 g/mol. The summed E-state index contributed by atoms with van der Waals surface area (Å²) in [6.07, 6.45) is 2.14. The van der Waals surface area contributed by atoms with Crippen LogP contribution in [-0.2, 0) is 19.1 Å². The van der Waals surface area contributed by atoms with Gasteiger partial charge in [-0.15, -0.1) is 0 Å². The molecule has 2 aromatic carbocycles. The molecule has 2 aromatic rings. The zero-order valence-electron chi connectivity index (χ0n) is 18.2. The van der Waals surface area contributed by atoms with E-state index in [2.05, 4.69) is 21.2 Å². The maximum atomic E-state index is 11.9. The van der Waals surface area contributed by atoms with Crippen LogP contribution in [0.2, 0.25) is 0 Å². The van der Waals surface area contributed by atoms with Crippen LogP contribution in [0, 0.1) is 0 Å². The Morgan fingerprint density at radius 3 is 2.41 bits per heavy atom. The second-order valence-corrected chi connectivity index (χ2v) is 7.00. The minimum Gasteiger partial charge on any atom is -0.484 e. The van der Waals surface area contributed by atoms with Gasteiger partial charge in [-0.3, -0.25) is 14.4 Å². The average molecular weight is 441 g/mol. The van der Waals surface area contributed by atoms with Crippen molar-refractivity contribution < 1.29 is 23.9 Å². The van der Waals surface area contributed by atoms with Crippen molar-refractivity contribution in [2.45, 2.75) is 26.4 Å². The number of para-hydroxylation sites is 1. The molecule has 170 valence electrons. The highest BCUT2D eigenvalue weighted by Gasteiger charge is 2.11. The standard InChI is InChI=1S/C23H28N4O5/c1-17(2)31-14-6-13-24-22(29)23(30)27-25-15-18-9-11-20(12-10-18)32-16-21(28)26-19-7-4-3-5-8-19/h3-5,7-12,15,17H,6,13-14,16H2,1-2H3,(H,24,29)(H,26,28)(H,27,30)/b25-15-. The number of carbonyl (C=O) groups is 3. The van der Waals surface area contributed by atoms with Crippen LogP contribution in [-0.4, -0.2) is 49.8 Å². The van der Waals surface area contributed by atoms with E-state index in [1.165, 1.54) is 6.21 Å². The fourth-order valence-electron chi connectivity index (χ4n) is 2.41. The third kappa shape index (κ3) is 9.86. The van der Waals surface area contributed by atoms with Gasteiger partial charge in [-0.05, 0) is 62.2 Å². The topological polar surface area (TPSA) is 118 Å². The number of anilines is 1. The van der Waals surface area contributed by atoms with Gasteiger partial charge in [-0.25, -0.2) is 5.43 Å². The largest absolute Gasteiger partial charge is 0.484 e. The van der Waals surface area contributed by atoms with Gasteiger partial charge in [0.1, 0.15) is 5.75 Å². The molecule has 9 nitrogen and oxygen atoms in total. The molecule has 9 heteroatoms. The first-order chi connectivity index (χ1) is 15.4. The maximum absolute atomic E-state index is 11.9. The van der Waals surface area contributed by atoms with Gasteiger partial charge in [0, 0.05) is 18.8 Å². The number of benzene rings is 2. The molecule has 0 radical (unpaired) electrons. The van der Waals surface area contributed by atoms with Crippen LogP contribution in [0.5, 0.6) is 5.75 Å². The first-order valence-corrected chi connectivity index (χ1v) is 10.2. The minimum absolute atomic E-state index is 0.128. The number of amides is 3.